The third kappa shape index (κ3) is 3.52. The number of halogens is 1. The van der Waals surface area contributed by atoms with E-state index in [1.165, 1.54) is 24.3 Å². The molecular weight excluding hydrogens is 323 g/mol. The van der Waals surface area contributed by atoms with Gasteiger partial charge in [0.15, 0.2) is 0 Å². The Balaban J connectivity index is 2.16. The zero-order valence-corrected chi connectivity index (χ0v) is 13.6. The highest BCUT2D eigenvalue weighted by Gasteiger charge is 2.34. The lowest BCUT2D eigenvalue weighted by atomic mass is 9.92. The molecule has 25 heavy (non-hydrogen) atoms. The van der Waals surface area contributed by atoms with Gasteiger partial charge in [0.2, 0.25) is 0 Å². The molecule has 5 nitrogen and oxygen atoms in total. The molecule has 0 saturated heterocycles. The molecule has 3 rings (SSSR count). The van der Waals surface area contributed by atoms with E-state index in [-0.39, 0.29) is 12.2 Å². The number of carbonyl (C=O) groups is 2. The Morgan fingerprint density at radius 1 is 1.12 bits per heavy atom. The first-order valence-electron chi connectivity index (χ1n) is 7.90. The molecule has 0 fully saturated rings. The first kappa shape index (κ1) is 16.7. The fourth-order valence-corrected chi connectivity index (χ4v) is 2.73. The first-order chi connectivity index (χ1) is 12.1. The summed E-state index contributed by atoms with van der Waals surface area (Å²) in [6, 6.07) is 13.5. The highest BCUT2D eigenvalue weighted by atomic mass is 19.1. The number of rotatable bonds is 4. The molecular formula is C19H17FN2O3. The van der Waals surface area contributed by atoms with E-state index in [1.54, 1.807) is 19.1 Å². The van der Waals surface area contributed by atoms with Crippen LogP contribution in [0.3, 0.4) is 0 Å². The van der Waals surface area contributed by atoms with Crippen LogP contribution in [0.4, 0.5) is 9.18 Å². The molecule has 2 N–H and O–H groups in total. The maximum Gasteiger partial charge on any atom is 0.338 e. The average Bonchev–Trinajstić information content (AvgIpc) is 2.62. The maximum atomic E-state index is 13.2. The van der Waals surface area contributed by atoms with Gasteiger partial charge in [-0.25, -0.2) is 14.0 Å². The minimum atomic E-state index is -0.733. The van der Waals surface area contributed by atoms with Gasteiger partial charge in [-0.2, -0.15) is 0 Å². The molecule has 2 amide bonds. The van der Waals surface area contributed by atoms with Crippen LogP contribution in [-0.4, -0.2) is 18.6 Å². The molecule has 1 aliphatic rings. The van der Waals surface area contributed by atoms with Crippen molar-refractivity contribution < 1.29 is 18.7 Å². The fraction of sp³-hybridized carbons (Fsp3) is 0.158. The van der Waals surface area contributed by atoms with E-state index in [4.69, 9.17) is 4.74 Å². The predicted molar refractivity (Wildman–Crippen MR) is 90.8 cm³/mol. The van der Waals surface area contributed by atoms with Gasteiger partial charge in [0.1, 0.15) is 5.82 Å². The van der Waals surface area contributed by atoms with Crippen LogP contribution in [0.25, 0.3) is 5.70 Å². The number of amides is 2. The molecule has 1 atom stereocenters. The van der Waals surface area contributed by atoms with E-state index in [9.17, 15) is 14.0 Å². The van der Waals surface area contributed by atoms with Crippen molar-refractivity contribution in [2.24, 2.45) is 0 Å². The monoisotopic (exact) mass is 340 g/mol. The molecule has 6 heteroatoms. The summed E-state index contributed by atoms with van der Waals surface area (Å²) < 4.78 is 18.4. The largest absolute Gasteiger partial charge is 0.463 e. The average molecular weight is 340 g/mol. The van der Waals surface area contributed by atoms with Crippen LogP contribution in [-0.2, 0) is 9.53 Å². The molecule has 128 valence electrons. The van der Waals surface area contributed by atoms with E-state index in [1.807, 2.05) is 18.2 Å². The second-order valence-electron chi connectivity index (χ2n) is 5.46. The summed E-state index contributed by atoms with van der Waals surface area (Å²) in [6.07, 6.45) is 0. The molecule has 0 radical (unpaired) electrons. The van der Waals surface area contributed by atoms with Crippen LogP contribution < -0.4 is 10.6 Å². The summed E-state index contributed by atoms with van der Waals surface area (Å²) in [5.74, 6) is -0.933. The highest BCUT2D eigenvalue weighted by molar-refractivity contribution is 6.04. The molecule has 0 saturated carbocycles. The first-order valence-corrected chi connectivity index (χ1v) is 7.90. The Hall–Kier alpha value is -3.15. The number of benzene rings is 2. The molecule has 1 aliphatic heterocycles. The molecule has 0 aliphatic carbocycles. The predicted octanol–water partition coefficient (Wildman–Crippen LogP) is 3.15. The van der Waals surface area contributed by atoms with Crippen LogP contribution in [0.2, 0.25) is 0 Å². The van der Waals surface area contributed by atoms with Gasteiger partial charge in [0.05, 0.1) is 23.9 Å². The molecule has 0 unspecified atom stereocenters. The van der Waals surface area contributed by atoms with Crippen molar-refractivity contribution >= 4 is 17.7 Å². The third-order valence-corrected chi connectivity index (χ3v) is 3.83. The molecule has 0 spiro atoms. The van der Waals surface area contributed by atoms with Crippen LogP contribution in [0.5, 0.6) is 0 Å². The summed E-state index contributed by atoms with van der Waals surface area (Å²) >= 11 is 0. The lowest BCUT2D eigenvalue weighted by Crippen LogP contribution is -2.45. The Morgan fingerprint density at radius 3 is 2.44 bits per heavy atom. The van der Waals surface area contributed by atoms with Gasteiger partial charge in [-0.15, -0.1) is 0 Å². The van der Waals surface area contributed by atoms with Crippen molar-refractivity contribution in [2.75, 3.05) is 6.61 Å². The van der Waals surface area contributed by atoms with Gasteiger partial charge in [0, 0.05) is 0 Å². The van der Waals surface area contributed by atoms with E-state index in [2.05, 4.69) is 10.6 Å². The van der Waals surface area contributed by atoms with Gasteiger partial charge in [-0.1, -0.05) is 42.5 Å². The second-order valence-corrected chi connectivity index (χ2v) is 5.46. The normalized spacial score (nSPS) is 16.9. The maximum absolute atomic E-state index is 13.2. The van der Waals surface area contributed by atoms with Crippen molar-refractivity contribution in [1.29, 1.82) is 0 Å². The molecule has 0 bridgehead atoms. The van der Waals surface area contributed by atoms with Crippen LogP contribution in [0.15, 0.2) is 60.2 Å². The van der Waals surface area contributed by atoms with Gasteiger partial charge in [0.25, 0.3) is 0 Å². The third-order valence-electron chi connectivity index (χ3n) is 3.83. The quantitative estimate of drug-likeness (QED) is 0.840. The zero-order valence-electron chi connectivity index (χ0n) is 13.6. The molecule has 2 aromatic carbocycles. The zero-order chi connectivity index (χ0) is 17.8. The number of ether oxygens (including phenoxy) is 1. The van der Waals surface area contributed by atoms with E-state index < -0.39 is 23.9 Å². The number of carbonyl (C=O) groups excluding carboxylic acids is 2. The summed E-state index contributed by atoms with van der Waals surface area (Å²) in [5, 5.41) is 5.40. The van der Waals surface area contributed by atoms with Gasteiger partial charge in [-0.3, -0.25) is 0 Å². The van der Waals surface area contributed by atoms with Crippen molar-refractivity contribution in [2.45, 2.75) is 13.0 Å². The van der Waals surface area contributed by atoms with Crippen LogP contribution in [0.1, 0.15) is 24.1 Å². The van der Waals surface area contributed by atoms with E-state index in [0.29, 0.717) is 16.8 Å². The summed E-state index contributed by atoms with van der Waals surface area (Å²) in [6.45, 7) is 1.91. The lowest BCUT2D eigenvalue weighted by Gasteiger charge is -2.29. The molecule has 0 aromatic heterocycles. The van der Waals surface area contributed by atoms with Crippen molar-refractivity contribution in [3.8, 4) is 0 Å². The Labute approximate surface area is 144 Å². The Morgan fingerprint density at radius 2 is 1.80 bits per heavy atom. The standard InChI is InChI=1S/C19H17FN2O3/c1-2-25-18(23)15-16(12-6-4-3-5-7-12)21-19(24)22-17(15)13-8-10-14(20)11-9-13/h3-11,17H,2H2,1H3,(H2,21,22,24)/t17-/m1/s1. The highest BCUT2D eigenvalue weighted by Crippen LogP contribution is 2.31. The Bertz CT molecular complexity index is 816. The van der Waals surface area contributed by atoms with Crippen LogP contribution in [0, 0.1) is 5.82 Å². The van der Waals surface area contributed by atoms with E-state index >= 15 is 0 Å². The van der Waals surface area contributed by atoms with Gasteiger partial charge < -0.3 is 15.4 Å². The number of nitrogens with one attached hydrogen (secondary N) is 2. The number of urea groups is 1. The molecule has 2 aromatic rings. The summed E-state index contributed by atoms with van der Waals surface area (Å²) in [7, 11) is 0. The Kier molecular flexibility index (Phi) is 4.79. The fourth-order valence-electron chi connectivity index (χ4n) is 2.73. The van der Waals surface area contributed by atoms with E-state index in [0.717, 1.165) is 0 Å². The lowest BCUT2D eigenvalue weighted by molar-refractivity contribution is -0.138. The van der Waals surface area contributed by atoms with Crippen molar-refractivity contribution in [1.82, 2.24) is 10.6 Å². The minimum Gasteiger partial charge on any atom is -0.463 e. The smallest absolute Gasteiger partial charge is 0.338 e. The summed E-state index contributed by atoms with van der Waals surface area (Å²) in [5.41, 5.74) is 1.94. The van der Waals surface area contributed by atoms with Gasteiger partial charge >= 0.3 is 12.0 Å². The summed E-state index contributed by atoms with van der Waals surface area (Å²) in [4.78, 5) is 24.7. The number of hydrogen-bond acceptors (Lipinski definition) is 3. The minimum absolute atomic E-state index is 0.203. The van der Waals surface area contributed by atoms with Crippen molar-refractivity contribution in [3.63, 3.8) is 0 Å². The topological polar surface area (TPSA) is 67.4 Å². The SMILES string of the molecule is CCOC(=O)C1=C(c2ccccc2)NC(=O)N[C@@H]1c1ccc(F)cc1. The second kappa shape index (κ2) is 7.17. The number of hydrogen-bond donors (Lipinski definition) is 2. The van der Waals surface area contributed by atoms with Crippen molar-refractivity contribution in [3.05, 3.63) is 77.1 Å². The van der Waals surface area contributed by atoms with Gasteiger partial charge in [-0.05, 0) is 30.2 Å². The molecule has 1 heterocycles. The number of esters is 1. The van der Waals surface area contributed by atoms with Crippen LogP contribution >= 0.6 is 0 Å².